The third kappa shape index (κ3) is 3.47. The number of rotatable bonds is 2. The van der Waals surface area contributed by atoms with Gasteiger partial charge >= 0.3 is 0 Å². The van der Waals surface area contributed by atoms with Gasteiger partial charge in [0.15, 0.2) is 0 Å². The number of hydrogen-bond acceptors (Lipinski definition) is 4. The molecule has 0 saturated heterocycles. The zero-order valence-corrected chi connectivity index (χ0v) is 22.0. The fourth-order valence-corrected chi connectivity index (χ4v) is 5.13. The normalized spacial score (nSPS) is 12.6. The van der Waals surface area contributed by atoms with Crippen LogP contribution < -0.4 is 0 Å². The molecule has 0 saturated carbocycles. The molecule has 3 heterocycles. The van der Waals surface area contributed by atoms with Crippen LogP contribution in [0.5, 0.6) is 0 Å². The van der Waals surface area contributed by atoms with Crippen molar-refractivity contribution in [1.82, 2.24) is 15.0 Å². The highest BCUT2D eigenvalue weighted by molar-refractivity contribution is 6.14. The first kappa shape index (κ1) is 22.7. The van der Waals surface area contributed by atoms with E-state index in [1.54, 1.807) is 0 Å². The quantitative estimate of drug-likeness (QED) is 0.236. The highest BCUT2D eigenvalue weighted by Gasteiger charge is 2.21. The maximum Gasteiger partial charge on any atom is 0.227 e. The van der Waals surface area contributed by atoms with E-state index in [1.807, 2.05) is 13.0 Å². The van der Waals surface area contributed by atoms with Crippen LogP contribution in [0.15, 0.2) is 59.0 Å². The Labute approximate surface area is 211 Å². The highest BCUT2D eigenvalue weighted by atomic mass is 16.3. The molecule has 6 aromatic rings. The molecule has 0 unspecified atom stereocenters. The summed E-state index contributed by atoms with van der Waals surface area (Å²) in [4.78, 5) is 14.9. The Kier molecular flexibility index (Phi) is 4.95. The summed E-state index contributed by atoms with van der Waals surface area (Å²) in [5.74, 6) is 1.03. The van der Waals surface area contributed by atoms with E-state index in [-0.39, 0.29) is 11.3 Å². The highest BCUT2D eigenvalue weighted by Crippen LogP contribution is 2.40. The molecular formula is C32H31N3O. The summed E-state index contributed by atoms with van der Waals surface area (Å²) in [6.07, 6.45) is 0. The van der Waals surface area contributed by atoms with Gasteiger partial charge in [-0.15, -0.1) is 0 Å². The standard InChI is InChI=1S/C32H31N3O/c1-17(2)30-34-27(25-10-8-9-22-23-13-11-19(4)33-31(23)36-29(22)25)24-14-12-20-16-21(32(5,6)7)15-18(3)26(20)28(24)35-30/h8-17H,1-7H3. The van der Waals surface area contributed by atoms with Gasteiger partial charge in [0.2, 0.25) is 5.71 Å². The molecule has 0 radical (unpaired) electrons. The molecule has 0 bridgehead atoms. The van der Waals surface area contributed by atoms with Crippen LogP contribution in [0.4, 0.5) is 0 Å². The summed E-state index contributed by atoms with van der Waals surface area (Å²) in [5.41, 5.74) is 7.96. The second kappa shape index (κ2) is 7.86. The molecule has 0 amide bonds. The van der Waals surface area contributed by atoms with Crippen LogP contribution in [-0.2, 0) is 5.41 Å². The van der Waals surface area contributed by atoms with E-state index in [9.17, 15) is 0 Å². The number of hydrogen-bond donors (Lipinski definition) is 0. The lowest BCUT2D eigenvalue weighted by Gasteiger charge is -2.21. The Morgan fingerprint density at radius 2 is 1.58 bits per heavy atom. The van der Waals surface area contributed by atoms with Gasteiger partial charge in [-0.1, -0.05) is 65.0 Å². The lowest BCUT2D eigenvalue weighted by Crippen LogP contribution is -2.11. The van der Waals surface area contributed by atoms with Crippen molar-refractivity contribution in [2.45, 2.75) is 59.8 Å². The van der Waals surface area contributed by atoms with Crippen LogP contribution in [0, 0.1) is 13.8 Å². The minimum absolute atomic E-state index is 0.0805. The van der Waals surface area contributed by atoms with Gasteiger partial charge in [0.1, 0.15) is 11.4 Å². The van der Waals surface area contributed by atoms with Crippen LogP contribution in [0.25, 0.3) is 55.0 Å². The van der Waals surface area contributed by atoms with Crippen molar-refractivity contribution in [1.29, 1.82) is 0 Å². The van der Waals surface area contributed by atoms with E-state index in [2.05, 4.69) is 95.1 Å². The number of fused-ring (bicyclic) bond motifs is 6. The van der Waals surface area contributed by atoms with Crippen molar-refractivity contribution >= 4 is 43.7 Å². The Morgan fingerprint density at radius 1 is 0.806 bits per heavy atom. The second-order valence-corrected chi connectivity index (χ2v) is 11.3. The number of pyridine rings is 1. The summed E-state index contributed by atoms with van der Waals surface area (Å²) in [5, 5.41) is 5.53. The monoisotopic (exact) mass is 473 g/mol. The third-order valence-electron chi connectivity index (χ3n) is 7.14. The molecule has 0 atom stereocenters. The van der Waals surface area contributed by atoms with Crippen molar-refractivity contribution < 1.29 is 4.42 Å². The van der Waals surface area contributed by atoms with Crippen molar-refractivity contribution in [3.8, 4) is 11.3 Å². The predicted octanol–water partition coefficient (Wildman–Crippen LogP) is 8.78. The van der Waals surface area contributed by atoms with Crippen molar-refractivity contribution in [3.05, 3.63) is 77.2 Å². The van der Waals surface area contributed by atoms with Crippen LogP contribution in [0.1, 0.15) is 63.2 Å². The fourth-order valence-electron chi connectivity index (χ4n) is 5.13. The summed E-state index contributed by atoms with van der Waals surface area (Å²) < 4.78 is 6.36. The van der Waals surface area contributed by atoms with Gasteiger partial charge in [-0.3, -0.25) is 0 Å². The van der Waals surface area contributed by atoms with Gasteiger partial charge in [0.05, 0.1) is 11.2 Å². The summed E-state index contributed by atoms with van der Waals surface area (Å²) >= 11 is 0. The number of aromatic nitrogens is 3. The summed E-state index contributed by atoms with van der Waals surface area (Å²) in [6.45, 7) is 15.3. The molecule has 0 spiro atoms. The smallest absolute Gasteiger partial charge is 0.227 e. The van der Waals surface area contributed by atoms with E-state index < -0.39 is 0 Å². The lowest BCUT2D eigenvalue weighted by atomic mass is 9.84. The van der Waals surface area contributed by atoms with E-state index in [0.717, 1.165) is 50.0 Å². The van der Waals surface area contributed by atoms with Crippen LogP contribution >= 0.6 is 0 Å². The number of nitrogens with zero attached hydrogens (tertiary/aromatic N) is 3. The van der Waals surface area contributed by atoms with Crippen LogP contribution in [0.3, 0.4) is 0 Å². The Balaban J connectivity index is 1.72. The van der Waals surface area contributed by atoms with Crippen LogP contribution in [0.2, 0.25) is 0 Å². The molecule has 36 heavy (non-hydrogen) atoms. The number of benzene rings is 3. The van der Waals surface area contributed by atoms with Gasteiger partial charge < -0.3 is 4.42 Å². The molecule has 180 valence electrons. The predicted molar refractivity (Wildman–Crippen MR) is 150 cm³/mol. The minimum atomic E-state index is 0.0805. The fraction of sp³-hybridized carbons (Fsp3) is 0.281. The summed E-state index contributed by atoms with van der Waals surface area (Å²) in [6, 6.07) is 19.4. The summed E-state index contributed by atoms with van der Waals surface area (Å²) in [7, 11) is 0. The molecule has 0 N–H and O–H groups in total. The molecule has 4 nitrogen and oxygen atoms in total. The maximum atomic E-state index is 6.36. The number of aryl methyl sites for hydroxylation is 2. The average Bonchev–Trinajstić information content (AvgIpc) is 3.19. The minimum Gasteiger partial charge on any atom is -0.437 e. The molecular weight excluding hydrogens is 442 g/mol. The molecule has 4 heteroatoms. The van der Waals surface area contributed by atoms with Crippen molar-refractivity contribution in [2.75, 3.05) is 0 Å². The van der Waals surface area contributed by atoms with Crippen LogP contribution in [-0.4, -0.2) is 15.0 Å². The topological polar surface area (TPSA) is 51.8 Å². The largest absolute Gasteiger partial charge is 0.437 e. The maximum absolute atomic E-state index is 6.36. The SMILES string of the molecule is Cc1ccc2c(n1)oc1c(-c3nc(C(C)C)nc4c3ccc3cc(C(C)(C)C)cc(C)c34)cccc12. The number of furan rings is 1. The average molecular weight is 474 g/mol. The van der Waals surface area contributed by atoms with Gasteiger partial charge in [-0.25, -0.2) is 15.0 Å². The molecule has 0 fully saturated rings. The Bertz CT molecular complexity index is 1820. The zero-order valence-electron chi connectivity index (χ0n) is 22.0. The Morgan fingerprint density at radius 3 is 2.33 bits per heavy atom. The second-order valence-electron chi connectivity index (χ2n) is 11.3. The first-order valence-corrected chi connectivity index (χ1v) is 12.7. The van der Waals surface area contributed by atoms with Gasteiger partial charge in [0.25, 0.3) is 0 Å². The first-order chi connectivity index (χ1) is 17.1. The molecule has 6 rings (SSSR count). The molecule has 0 aliphatic rings. The number of para-hydroxylation sites is 1. The van der Waals surface area contributed by atoms with Crippen molar-refractivity contribution in [3.63, 3.8) is 0 Å². The zero-order chi connectivity index (χ0) is 25.4. The first-order valence-electron chi connectivity index (χ1n) is 12.7. The van der Waals surface area contributed by atoms with E-state index in [1.165, 1.54) is 21.9 Å². The van der Waals surface area contributed by atoms with E-state index in [4.69, 9.17) is 14.4 Å². The van der Waals surface area contributed by atoms with Crippen molar-refractivity contribution in [2.24, 2.45) is 0 Å². The Hall–Kier alpha value is -3.79. The van der Waals surface area contributed by atoms with E-state index in [0.29, 0.717) is 5.71 Å². The van der Waals surface area contributed by atoms with Gasteiger partial charge in [-0.2, -0.15) is 0 Å². The van der Waals surface area contributed by atoms with Gasteiger partial charge in [0, 0.05) is 38.7 Å². The molecule has 3 aromatic heterocycles. The van der Waals surface area contributed by atoms with Gasteiger partial charge in [-0.05, 0) is 60.0 Å². The molecule has 0 aliphatic heterocycles. The molecule has 3 aromatic carbocycles. The lowest BCUT2D eigenvalue weighted by molar-refractivity contribution is 0.590. The third-order valence-corrected chi connectivity index (χ3v) is 7.14. The molecule has 0 aliphatic carbocycles. The van der Waals surface area contributed by atoms with E-state index >= 15 is 0 Å².